The van der Waals surface area contributed by atoms with E-state index in [9.17, 15) is 9.59 Å². The molecule has 2 aliphatic heterocycles. The maximum atomic E-state index is 13.2. The Morgan fingerprint density at radius 2 is 1.80 bits per heavy atom. The molecule has 0 spiro atoms. The van der Waals surface area contributed by atoms with Gasteiger partial charge in [0.05, 0.1) is 11.9 Å². The van der Waals surface area contributed by atoms with Crippen molar-refractivity contribution in [2.75, 3.05) is 54.9 Å². The van der Waals surface area contributed by atoms with Gasteiger partial charge >= 0.3 is 0 Å². The molecule has 2 fully saturated rings. The molecule has 4 heterocycles. The molecule has 3 aliphatic rings. The number of anilines is 4. The second-order valence-corrected chi connectivity index (χ2v) is 9.70. The highest BCUT2D eigenvalue weighted by Gasteiger charge is 2.32. The largest absolute Gasteiger partial charge is 0.356 e. The number of aromatic nitrogens is 3. The highest BCUT2D eigenvalue weighted by atomic mass is 16.2. The molecule has 186 valence electrons. The van der Waals surface area contributed by atoms with E-state index in [0.717, 1.165) is 75.4 Å². The van der Waals surface area contributed by atoms with Crippen molar-refractivity contribution < 1.29 is 9.59 Å². The van der Waals surface area contributed by atoms with Crippen LogP contribution in [0.2, 0.25) is 0 Å². The number of rotatable bonds is 4. The Morgan fingerprint density at radius 3 is 2.54 bits per heavy atom. The van der Waals surface area contributed by atoms with Gasteiger partial charge < -0.3 is 20.4 Å². The van der Waals surface area contributed by atoms with Gasteiger partial charge in [0, 0.05) is 50.5 Å². The molecule has 2 aromatic rings. The van der Waals surface area contributed by atoms with Gasteiger partial charge in [-0.25, -0.2) is 9.97 Å². The van der Waals surface area contributed by atoms with Crippen LogP contribution >= 0.6 is 0 Å². The fourth-order valence-electron chi connectivity index (χ4n) is 5.10. The number of nitrogens with one attached hydrogen (secondary N) is 2. The number of amides is 2. The van der Waals surface area contributed by atoms with Crippen molar-refractivity contribution in [3.8, 4) is 0 Å². The Hall–Kier alpha value is -3.27. The smallest absolute Gasteiger partial charge is 0.237 e. The zero-order valence-electron chi connectivity index (χ0n) is 20.4. The van der Waals surface area contributed by atoms with E-state index < -0.39 is 0 Å². The van der Waals surface area contributed by atoms with Crippen molar-refractivity contribution in [2.24, 2.45) is 0 Å². The van der Waals surface area contributed by atoms with Crippen molar-refractivity contribution in [2.45, 2.75) is 51.0 Å². The molecule has 1 aliphatic carbocycles. The number of likely N-dealkylation sites (N-methyl/N-ethyl adjacent to an activating group) is 1. The summed E-state index contributed by atoms with van der Waals surface area (Å²) >= 11 is 0. The number of hydrogen-bond donors (Lipinski definition) is 2. The first-order chi connectivity index (χ1) is 17.1. The monoisotopic (exact) mass is 478 g/mol. The zero-order valence-corrected chi connectivity index (χ0v) is 20.4. The fraction of sp³-hybridized carbons (Fsp3) is 0.560. The second kappa shape index (κ2) is 10.6. The number of aryl methyl sites for hydroxylation is 1. The van der Waals surface area contributed by atoms with Crippen LogP contribution in [0, 0.1) is 0 Å². The summed E-state index contributed by atoms with van der Waals surface area (Å²) in [6.07, 6.45) is 8.96. The molecule has 0 aromatic carbocycles. The van der Waals surface area contributed by atoms with Gasteiger partial charge in [0.25, 0.3) is 0 Å². The van der Waals surface area contributed by atoms with Gasteiger partial charge in [-0.1, -0.05) is 12.8 Å². The van der Waals surface area contributed by atoms with Crippen molar-refractivity contribution in [3.05, 3.63) is 30.1 Å². The number of piperazine rings is 1. The number of hydrogen-bond acceptors (Lipinski definition) is 8. The van der Waals surface area contributed by atoms with E-state index in [4.69, 9.17) is 4.98 Å². The van der Waals surface area contributed by atoms with E-state index in [0.29, 0.717) is 24.7 Å². The summed E-state index contributed by atoms with van der Waals surface area (Å²) < 4.78 is 0. The molecule has 0 atom stereocenters. The van der Waals surface area contributed by atoms with E-state index >= 15 is 0 Å². The molecule has 1 saturated heterocycles. The van der Waals surface area contributed by atoms with Crippen LogP contribution in [0.25, 0.3) is 0 Å². The third kappa shape index (κ3) is 5.53. The fourth-order valence-corrected chi connectivity index (χ4v) is 5.10. The van der Waals surface area contributed by atoms with Crippen LogP contribution in [0.5, 0.6) is 0 Å². The SMILES string of the molecule is CN1CCN(c2ccc(Nc3ncc4c(n3)N(C3CCCC3)C(=O)CC(=O)NCCC4)cn2)CC1. The van der Waals surface area contributed by atoms with Gasteiger partial charge in [-0.3, -0.25) is 14.5 Å². The molecule has 2 N–H and O–H groups in total. The highest BCUT2D eigenvalue weighted by Crippen LogP contribution is 2.32. The summed E-state index contributed by atoms with van der Waals surface area (Å²) in [6, 6.07) is 4.07. The molecule has 0 radical (unpaired) electrons. The molecular formula is C25H34N8O2. The van der Waals surface area contributed by atoms with Crippen molar-refractivity contribution in [1.29, 1.82) is 0 Å². The van der Waals surface area contributed by atoms with E-state index in [1.807, 2.05) is 18.3 Å². The van der Waals surface area contributed by atoms with Gasteiger partial charge in [0.15, 0.2) is 0 Å². The van der Waals surface area contributed by atoms with E-state index in [-0.39, 0.29) is 24.3 Å². The molecule has 10 nitrogen and oxygen atoms in total. The molecule has 2 aromatic heterocycles. The molecule has 0 bridgehead atoms. The van der Waals surface area contributed by atoms with Gasteiger partial charge in [-0.05, 0) is 44.9 Å². The first kappa shape index (κ1) is 23.5. The minimum absolute atomic E-state index is 0.0702. The Kier molecular flexibility index (Phi) is 7.08. The predicted octanol–water partition coefficient (Wildman–Crippen LogP) is 2.10. The first-order valence-electron chi connectivity index (χ1n) is 12.7. The van der Waals surface area contributed by atoms with E-state index in [1.54, 1.807) is 11.1 Å². The molecule has 2 amide bonds. The minimum atomic E-state index is -0.222. The Labute approximate surface area is 206 Å². The predicted molar refractivity (Wildman–Crippen MR) is 135 cm³/mol. The van der Waals surface area contributed by atoms with Gasteiger partial charge in [0.2, 0.25) is 17.8 Å². The molecule has 1 saturated carbocycles. The van der Waals surface area contributed by atoms with Crippen molar-refractivity contribution in [1.82, 2.24) is 25.2 Å². The van der Waals surface area contributed by atoms with Crippen LogP contribution in [0.1, 0.15) is 44.1 Å². The van der Waals surface area contributed by atoms with Crippen LogP contribution in [0.4, 0.5) is 23.3 Å². The second-order valence-electron chi connectivity index (χ2n) is 9.70. The maximum absolute atomic E-state index is 13.2. The summed E-state index contributed by atoms with van der Waals surface area (Å²) in [5.74, 6) is 1.61. The zero-order chi connectivity index (χ0) is 24.2. The maximum Gasteiger partial charge on any atom is 0.237 e. The number of pyridine rings is 1. The third-order valence-electron chi connectivity index (χ3n) is 7.12. The first-order valence-corrected chi connectivity index (χ1v) is 12.7. The van der Waals surface area contributed by atoms with Crippen LogP contribution in [-0.2, 0) is 16.0 Å². The minimum Gasteiger partial charge on any atom is -0.356 e. The number of carbonyl (C=O) groups excluding carboxylic acids is 2. The number of fused-ring (bicyclic) bond motifs is 1. The average molecular weight is 479 g/mol. The lowest BCUT2D eigenvalue weighted by atomic mass is 10.1. The Morgan fingerprint density at radius 1 is 1.00 bits per heavy atom. The van der Waals surface area contributed by atoms with Gasteiger partial charge in [-0.15, -0.1) is 0 Å². The number of nitrogens with zero attached hydrogens (tertiary/aromatic N) is 6. The van der Waals surface area contributed by atoms with Crippen LogP contribution in [0.3, 0.4) is 0 Å². The summed E-state index contributed by atoms with van der Waals surface area (Å²) in [7, 11) is 2.14. The summed E-state index contributed by atoms with van der Waals surface area (Å²) in [6.45, 7) is 4.53. The summed E-state index contributed by atoms with van der Waals surface area (Å²) in [5, 5.41) is 6.11. The molecule has 0 unspecified atom stereocenters. The Balaban J connectivity index is 1.38. The van der Waals surface area contributed by atoms with Crippen LogP contribution in [-0.4, -0.2) is 77.5 Å². The molecule has 35 heavy (non-hydrogen) atoms. The van der Waals surface area contributed by atoms with E-state index in [1.165, 1.54) is 0 Å². The normalized spacial score (nSPS) is 20.5. The summed E-state index contributed by atoms with van der Waals surface area (Å²) in [4.78, 5) is 45.8. The van der Waals surface area contributed by atoms with E-state index in [2.05, 4.69) is 37.4 Å². The third-order valence-corrected chi connectivity index (χ3v) is 7.12. The summed E-state index contributed by atoms with van der Waals surface area (Å²) in [5.41, 5.74) is 1.73. The number of carbonyl (C=O) groups is 2. The lowest BCUT2D eigenvalue weighted by Crippen LogP contribution is -2.44. The van der Waals surface area contributed by atoms with Crippen molar-refractivity contribution >= 4 is 35.1 Å². The topological polar surface area (TPSA) is 107 Å². The van der Waals surface area contributed by atoms with Crippen LogP contribution < -0.4 is 20.4 Å². The molecule has 5 rings (SSSR count). The van der Waals surface area contributed by atoms with Crippen molar-refractivity contribution in [3.63, 3.8) is 0 Å². The molecule has 10 heteroatoms. The highest BCUT2D eigenvalue weighted by molar-refractivity contribution is 6.05. The lowest BCUT2D eigenvalue weighted by molar-refractivity contribution is -0.128. The van der Waals surface area contributed by atoms with Gasteiger partial charge in [-0.2, -0.15) is 4.98 Å². The lowest BCUT2D eigenvalue weighted by Gasteiger charge is -2.33. The Bertz CT molecular complexity index is 1050. The average Bonchev–Trinajstić information content (AvgIpc) is 3.38. The molecular weight excluding hydrogens is 444 g/mol. The van der Waals surface area contributed by atoms with Crippen LogP contribution in [0.15, 0.2) is 24.5 Å². The van der Waals surface area contributed by atoms with Gasteiger partial charge in [0.1, 0.15) is 18.1 Å². The quantitative estimate of drug-likeness (QED) is 0.644. The standard InChI is InChI=1S/C25H34N8O2/c1-31-11-13-32(14-12-31)21-9-8-19(17-27-21)29-25-28-16-18-5-4-10-26-22(34)15-23(35)33(24(18)30-25)20-6-2-3-7-20/h8-9,16-17,20H,2-7,10-15H2,1H3,(H,26,34)(H,28,29,30).